The van der Waals surface area contributed by atoms with Crippen molar-refractivity contribution in [3.05, 3.63) is 0 Å². The van der Waals surface area contributed by atoms with Crippen LogP contribution in [0.25, 0.3) is 0 Å². The van der Waals surface area contributed by atoms with Crippen molar-refractivity contribution in [3.8, 4) is 0 Å². The molecule has 1 fully saturated rings. The Morgan fingerprint density at radius 1 is 1.25 bits per heavy atom. The lowest BCUT2D eigenvalue weighted by atomic mass is 9.62. The summed E-state index contributed by atoms with van der Waals surface area (Å²) in [6, 6.07) is 0. The quantitative estimate of drug-likeness (QED) is 0.400. The fourth-order valence-electron chi connectivity index (χ4n) is 0.838. The van der Waals surface area contributed by atoms with E-state index in [1.165, 1.54) is 0 Å². The summed E-state index contributed by atoms with van der Waals surface area (Å²) < 4.78 is 5.02. The van der Waals surface area contributed by atoms with Crippen molar-refractivity contribution in [3.63, 3.8) is 0 Å². The molecule has 0 saturated carbocycles. The van der Waals surface area contributed by atoms with E-state index in [0.29, 0.717) is 6.61 Å². The van der Waals surface area contributed by atoms with E-state index in [0.717, 1.165) is 19.3 Å². The van der Waals surface area contributed by atoms with Crippen LogP contribution in [0.1, 0.15) is 19.3 Å². The molecule has 1 aliphatic heterocycles. The predicted molar refractivity (Wildman–Crippen MR) is 34.0 cm³/mol. The lowest BCUT2D eigenvalue weighted by molar-refractivity contribution is 0.0383. The maximum atomic E-state index is 5.43. The molecule has 1 saturated heterocycles. The predicted octanol–water partition coefficient (Wildman–Crippen LogP) is 0.178. The summed E-state index contributed by atoms with van der Waals surface area (Å²) in [7, 11) is 10.9. The molecule has 1 nitrogen and oxygen atoms in total. The highest BCUT2D eigenvalue weighted by molar-refractivity contribution is 6.39. The Morgan fingerprint density at radius 2 is 2.00 bits per heavy atom. The van der Waals surface area contributed by atoms with Gasteiger partial charge < -0.3 is 4.74 Å². The van der Waals surface area contributed by atoms with E-state index in [1.807, 2.05) is 0 Å². The normalized spacial score (nSPS) is 27.5. The van der Waals surface area contributed by atoms with Gasteiger partial charge in [0, 0.05) is 6.61 Å². The first kappa shape index (κ1) is 6.21. The summed E-state index contributed by atoms with van der Waals surface area (Å²) in [5.41, 5.74) is 0. The highest BCUT2D eigenvalue weighted by Gasteiger charge is 2.19. The molecular formula is C5H8B2O. The third-order valence-corrected chi connectivity index (χ3v) is 1.33. The minimum atomic E-state index is -0.821. The van der Waals surface area contributed by atoms with Crippen LogP contribution in [0.4, 0.5) is 0 Å². The van der Waals surface area contributed by atoms with Crippen molar-refractivity contribution in [2.75, 3.05) is 6.61 Å². The van der Waals surface area contributed by atoms with Crippen molar-refractivity contribution in [2.24, 2.45) is 0 Å². The molecule has 40 valence electrons. The number of rotatable bonds is 0. The summed E-state index contributed by atoms with van der Waals surface area (Å²) in [4.78, 5) is 0. The molecule has 0 aliphatic carbocycles. The molecule has 0 aromatic carbocycles. The van der Waals surface area contributed by atoms with Gasteiger partial charge in [-0.3, -0.25) is 0 Å². The van der Waals surface area contributed by atoms with Gasteiger partial charge in [0.2, 0.25) is 0 Å². The largest absolute Gasteiger partial charge is 0.394 e. The van der Waals surface area contributed by atoms with E-state index in [2.05, 4.69) is 0 Å². The average Bonchev–Trinajstić information content (AvgIpc) is 1.65. The van der Waals surface area contributed by atoms with Gasteiger partial charge in [0.15, 0.2) is 0 Å². The molecule has 0 aromatic heterocycles. The van der Waals surface area contributed by atoms with E-state index < -0.39 is 5.40 Å². The molecule has 1 aliphatic rings. The third kappa shape index (κ3) is 1.55. The topological polar surface area (TPSA) is 9.23 Å². The van der Waals surface area contributed by atoms with E-state index in [-0.39, 0.29) is 0 Å². The van der Waals surface area contributed by atoms with Crippen LogP contribution in [-0.2, 0) is 4.74 Å². The fourth-order valence-corrected chi connectivity index (χ4v) is 0.838. The summed E-state index contributed by atoms with van der Waals surface area (Å²) in [6.07, 6.45) is 2.97. The third-order valence-electron chi connectivity index (χ3n) is 1.33. The van der Waals surface area contributed by atoms with E-state index >= 15 is 0 Å². The Morgan fingerprint density at radius 3 is 2.25 bits per heavy atom. The Balaban J connectivity index is 2.33. The second kappa shape index (κ2) is 2.14. The molecule has 1 heterocycles. The highest BCUT2D eigenvalue weighted by Crippen LogP contribution is 2.17. The van der Waals surface area contributed by atoms with Crippen molar-refractivity contribution >= 4 is 15.7 Å². The first-order valence-electron chi connectivity index (χ1n) is 2.92. The number of hydrogen-bond donors (Lipinski definition) is 0. The molecule has 0 aromatic rings. The van der Waals surface area contributed by atoms with Crippen molar-refractivity contribution in [1.29, 1.82) is 0 Å². The number of hydrogen-bond acceptors (Lipinski definition) is 1. The molecule has 0 N–H and O–H groups in total. The van der Waals surface area contributed by atoms with Gasteiger partial charge in [-0.15, -0.1) is 0 Å². The fraction of sp³-hybridized carbons (Fsp3) is 1.00. The van der Waals surface area contributed by atoms with Crippen LogP contribution in [0.5, 0.6) is 0 Å². The second-order valence-electron chi connectivity index (χ2n) is 2.26. The van der Waals surface area contributed by atoms with Crippen LogP contribution in [0.15, 0.2) is 0 Å². The summed E-state index contributed by atoms with van der Waals surface area (Å²) in [5.74, 6) is 0. The van der Waals surface area contributed by atoms with Crippen molar-refractivity contribution in [1.82, 2.24) is 0 Å². The van der Waals surface area contributed by atoms with E-state index in [4.69, 9.17) is 20.4 Å². The Kier molecular flexibility index (Phi) is 1.66. The minimum Gasteiger partial charge on any atom is -0.394 e. The van der Waals surface area contributed by atoms with Crippen LogP contribution in [0, 0.1) is 0 Å². The molecule has 0 atom stereocenters. The van der Waals surface area contributed by atoms with Gasteiger partial charge >= 0.3 is 0 Å². The maximum absolute atomic E-state index is 5.43. The average molecular weight is 106 g/mol. The molecule has 1 rings (SSSR count). The minimum absolute atomic E-state index is 0.715. The zero-order valence-electron chi connectivity index (χ0n) is 4.89. The SMILES string of the molecule is [B]C1([B])CCCCO1. The molecule has 0 amide bonds. The van der Waals surface area contributed by atoms with Crippen LogP contribution in [0.3, 0.4) is 0 Å². The molecule has 3 heteroatoms. The van der Waals surface area contributed by atoms with Gasteiger partial charge in [0.05, 0.1) is 15.7 Å². The Bertz CT molecular complexity index is 74.5. The Labute approximate surface area is 52.6 Å². The van der Waals surface area contributed by atoms with Gasteiger partial charge in [-0.25, -0.2) is 0 Å². The van der Waals surface area contributed by atoms with Gasteiger partial charge in [-0.05, 0) is 24.7 Å². The first-order valence-corrected chi connectivity index (χ1v) is 2.92. The maximum Gasteiger partial charge on any atom is 0.0993 e. The summed E-state index contributed by atoms with van der Waals surface area (Å²) in [5, 5.41) is -0.821. The van der Waals surface area contributed by atoms with Crippen LogP contribution in [0.2, 0.25) is 0 Å². The molecule has 8 heavy (non-hydrogen) atoms. The zero-order chi connectivity index (χ0) is 6.04. The van der Waals surface area contributed by atoms with Crippen LogP contribution < -0.4 is 0 Å². The molecule has 4 radical (unpaired) electrons. The summed E-state index contributed by atoms with van der Waals surface area (Å²) in [6.45, 7) is 0.715. The summed E-state index contributed by atoms with van der Waals surface area (Å²) >= 11 is 0. The monoisotopic (exact) mass is 106 g/mol. The molecule has 0 unspecified atom stereocenters. The zero-order valence-corrected chi connectivity index (χ0v) is 4.89. The van der Waals surface area contributed by atoms with Crippen molar-refractivity contribution in [2.45, 2.75) is 24.7 Å². The molecule has 0 spiro atoms. The first-order chi connectivity index (χ1) is 3.71. The molecule has 0 bridgehead atoms. The van der Waals surface area contributed by atoms with Crippen LogP contribution in [-0.4, -0.2) is 27.7 Å². The van der Waals surface area contributed by atoms with Crippen LogP contribution >= 0.6 is 0 Å². The van der Waals surface area contributed by atoms with Crippen molar-refractivity contribution < 1.29 is 4.74 Å². The van der Waals surface area contributed by atoms with Gasteiger partial charge in [0.1, 0.15) is 0 Å². The highest BCUT2D eigenvalue weighted by atomic mass is 16.5. The second-order valence-corrected chi connectivity index (χ2v) is 2.26. The number of ether oxygens (including phenoxy) is 1. The molecular weight excluding hydrogens is 97.7 g/mol. The lowest BCUT2D eigenvalue weighted by Gasteiger charge is -2.30. The van der Waals surface area contributed by atoms with E-state index in [1.54, 1.807) is 0 Å². The standard InChI is InChI=1S/C5H8B2O/c6-5(7)3-1-2-4-8-5/h1-4H2. The van der Waals surface area contributed by atoms with E-state index in [9.17, 15) is 0 Å². The van der Waals surface area contributed by atoms with Gasteiger partial charge in [-0.1, -0.05) is 0 Å². The van der Waals surface area contributed by atoms with Gasteiger partial charge in [0.25, 0.3) is 0 Å². The smallest absolute Gasteiger partial charge is 0.0993 e. The lowest BCUT2D eigenvalue weighted by Crippen LogP contribution is -2.36. The Hall–Kier alpha value is 0.0899. The van der Waals surface area contributed by atoms with Gasteiger partial charge in [-0.2, -0.15) is 0 Å².